The minimum absolute atomic E-state index is 0.0661. The number of hydrogen-bond donors (Lipinski definition) is 1. The van der Waals surface area contributed by atoms with Crippen LogP contribution in [0.1, 0.15) is 30.5 Å². The number of rotatable bonds is 6. The highest BCUT2D eigenvalue weighted by Crippen LogP contribution is 2.17. The molecule has 1 aromatic heterocycles. The second-order valence-corrected chi connectivity index (χ2v) is 6.44. The van der Waals surface area contributed by atoms with Gasteiger partial charge in [-0.1, -0.05) is 31.2 Å². The quantitative estimate of drug-likeness (QED) is 0.867. The molecule has 6 heteroatoms. The van der Waals surface area contributed by atoms with Crippen LogP contribution in [-0.4, -0.2) is 56.8 Å². The highest BCUT2D eigenvalue weighted by atomic mass is 16.3. The molecule has 1 atom stereocenters. The molecule has 6 nitrogen and oxygen atoms in total. The Morgan fingerprint density at radius 2 is 1.88 bits per heavy atom. The zero-order chi connectivity index (χ0) is 17.6. The number of amides is 1. The van der Waals surface area contributed by atoms with Gasteiger partial charge in [-0.15, -0.1) is 0 Å². The lowest BCUT2D eigenvalue weighted by atomic mass is 10.1. The molecule has 134 valence electrons. The minimum Gasteiger partial charge on any atom is -0.392 e. The second-order valence-electron chi connectivity index (χ2n) is 6.44. The highest BCUT2D eigenvalue weighted by Gasteiger charge is 2.27. The monoisotopic (exact) mass is 342 g/mol. The number of aliphatic hydroxyl groups excluding tert-OH is 1. The minimum atomic E-state index is -0.211. The summed E-state index contributed by atoms with van der Waals surface area (Å²) in [5, 5.41) is 13.7. The Labute approximate surface area is 148 Å². The van der Waals surface area contributed by atoms with Crippen molar-refractivity contribution >= 4 is 5.91 Å². The van der Waals surface area contributed by atoms with Gasteiger partial charge in [0, 0.05) is 45.1 Å². The van der Waals surface area contributed by atoms with E-state index in [1.807, 2.05) is 42.3 Å². The molecular weight excluding hydrogens is 316 g/mol. The summed E-state index contributed by atoms with van der Waals surface area (Å²) in [5.74, 6) is 0.154. The Morgan fingerprint density at radius 3 is 2.48 bits per heavy atom. The van der Waals surface area contributed by atoms with Gasteiger partial charge in [0.2, 0.25) is 5.91 Å². The zero-order valence-electron chi connectivity index (χ0n) is 14.7. The second kappa shape index (κ2) is 8.27. The van der Waals surface area contributed by atoms with Crippen molar-refractivity contribution in [1.82, 2.24) is 19.6 Å². The molecule has 0 radical (unpaired) electrons. The van der Waals surface area contributed by atoms with Crippen LogP contribution in [0, 0.1) is 0 Å². The molecule has 3 rings (SSSR count). The normalized spacial score (nSPS) is 16.8. The molecule has 0 bridgehead atoms. The Bertz CT molecular complexity index is 678. The summed E-state index contributed by atoms with van der Waals surface area (Å²) in [6.45, 7) is 6.07. The molecule has 2 heterocycles. The standard InChI is InChI=1S/C19H26N4O2/c1-2-18(23-9-5-8-20-23)19(25)22-12-10-21(11-13-22)14-16-6-3-4-7-17(16)15-24/h3-9,18,24H,2,10-15H2,1H3. The SMILES string of the molecule is CCC(C(=O)N1CCN(Cc2ccccc2CO)CC1)n1cccn1. The van der Waals surface area contributed by atoms with Gasteiger partial charge < -0.3 is 10.0 Å². The van der Waals surface area contributed by atoms with Crippen molar-refractivity contribution in [1.29, 1.82) is 0 Å². The molecule has 2 aromatic rings. The summed E-state index contributed by atoms with van der Waals surface area (Å²) < 4.78 is 1.76. The van der Waals surface area contributed by atoms with Gasteiger partial charge in [0.1, 0.15) is 6.04 Å². The van der Waals surface area contributed by atoms with E-state index in [-0.39, 0.29) is 18.6 Å². The average Bonchev–Trinajstić information content (AvgIpc) is 3.17. The average molecular weight is 342 g/mol. The van der Waals surface area contributed by atoms with Crippen LogP contribution >= 0.6 is 0 Å². The highest BCUT2D eigenvalue weighted by molar-refractivity contribution is 5.80. The number of aliphatic hydroxyl groups is 1. The van der Waals surface area contributed by atoms with Crippen molar-refractivity contribution in [3.05, 3.63) is 53.9 Å². The third-order valence-electron chi connectivity index (χ3n) is 4.88. The summed E-state index contributed by atoms with van der Waals surface area (Å²) in [7, 11) is 0. The smallest absolute Gasteiger partial charge is 0.247 e. The number of nitrogens with zero attached hydrogens (tertiary/aromatic N) is 4. The zero-order valence-corrected chi connectivity index (χ0v) is 14.7. The number of aromatic nitrogens is 2. The number of carbonyl (C=O) groups is 1. The van der Waals surface area contributed by atoms with Crippen LogP contribution in [0.15, 0.2) is 42.7 Å². The van der Waals surface area contributed by atoms with E-state index in [0.717, 1.165) is 50.3 Å². The lowest BCUT2D eigenvalue weighted by Gasteiger charge is -2.36. The fourth-order valence-electron chi connectivity index (χ4n) is 3.38. The van der Waals surface area contributed by atoms with Crippen LogP contribution in [0.4, 0.5) is 0 Å². The maximum Gasteiger partial charge on any atom is 0.247 e. The number of carbonyl (C=O) groups excluding carboxylic acids is 1. The third kappa shape index (κ3) is 4.08. The lowest BCUT2D eigenvalue weighted by Crippen LogP contribution is -2.50. The van der Waals surface area contributed by atoms with E-state index in [2.05, 4.69) is 16.1 Å². The van der Waals surface area contributed by atoms with Crippen LogP contribution in [0.3, 0.4) is 0 Å². The predicted molar refractivity (Wildman–Crippen MR) is 95.8 cm³/mol. The molecule has 0 aliphatic carbocycles. The van der Waals surface area contributed by atoms with Gasteiger partial charge >= 0.3 is 0 Å². The molecule has 1 aliphatic heterocycles. The largest absolute Gasteiger partial charge is 0.392 e. The predicted octanol–water partition coefficient (Wildman–Crippen LogP) is 1.67. The molecule has 1 fully saturated rings. The van der Waals surface area contributed by atoms with E-state index < -0.39 is 0 Å². The summed E-state index contributed by atoms with van der Waals surface area (Å²) in [6, 6.07) is 9.62. The van der Waals surface area contributed by atoms with E-state index >= 15 is 0 Å². The molecule has 1 N–H and O–H groups in total. The summed E-state index contributed by atoms with van der Waals surface area (Å²) in [6.07, 6.45) is 4.31. The molecule has 1 unspecified atom stereocenters. The molecular formula is C19H26N4O2. The van der Waals surface area contributed by atoms with Crippen molar-refractivity contribution in [2.75, 3.05) is 26.2 Å². The Morgan fingerprint density at radius 1 is 1.16 bits per heavy atom. The number of piperazine rings is 1. The van der Waals surface area contributed by atoms with E-state index in [9.17, 15) is 9.90 Å². The Balaban J connectivity index is 1.57. The van der Waals surface area contributed by atoms with E-state index in [0.29, 0.717) is 0 Å². The number of hydrogen-bond acceptors (Lipinski definition) is 4. The van der Waals surface area contributed by atoms with Gasteiger partial charge in [-0.25, -0.2) is 0 Å². The van der Waals surface area contributed by atoms with Crippen molar-refractivity contribution in [2.24, 2.45) is 0 Å². The van der Waals surface area contributed by atoms with Crippen LogP contribution in [-0.2, 0) is 17.9 Å². The molecule has 1 aromatic carbocycles. The van der Waals surface area contributed by atoms with Gasteiger partial charge in [-0.05, 0) is 23.6 Å². The molecule has 1 aliphatic rings. The maximum atomic E-state index is 12.8. The third-order valence-corrected chi connectivity index (χ3v) is 4.88. The van der Waals surface area contributed by atoms with Gasteiger partial charge in [-0.2, -0.15) is 5.10 Å². The Kier molecular flexibility index (Phi) is 5.83. The first-order chi connectivity index (χ1) is 12.2. The maximum absolute atomic E-state index is 12.8. The summed E-state index contributed by atoms with van der Waals surface area (Å²) in [4.78, 5) is 17.1. The molecule has 0 saturated carbocycles. The lowest BCUT2D eigenvalue weighted by molar-refractivity contribution is -0.137. The Hall–Kier alpha value is -2.18. The fourth-order valence-corrected chi connectivity index (χ4v) is 3.38. The van der Waals surface area contributed by atoms with Gasteiger partial charge in [0.25, 0.3) is 0 Å². The number of benzene rings is 1. The molecule has 1 saturated heterocycles. The topological polar surface area (TPSA) is 61.6 Å². The van der Waals surface area contributed by atoms with Crippen molar-refractivity contribution in [3.8, 4) is 0 Å². The summed E-state index contributed by atoms with van der Waals surface area (Å²) >= 11 is 0. The van der Waals surface area contributed by atoms with Crippen LogP contribution in [0.5, 0.6) is 0 Å². The molecule has 1 amide bonds. The van der Waals surface area contributed by atoms with E-state index in [4.69, 9.17) is 0 Å². The van der Waals surface area contributed by atoms with Crippen molar-refractivity contribution in [2.45, 2.75) is 32.5 Å². The first kappa shape index (κ1) is 17.6. The van der Waals surface area contributed by atoms with Crippen molar-refractivity contribution in [3.63, 3.8) is 0 Å². The van der Waals surface area contributed by atoms with Gasteiger partial charge in [0.15, 0.2) is 0 Å². The van der Waals surface area contributed by atoms with E-state index in [1.165, 1.54) is 0 Å². The fraction of sp³-hybridized carbons (Fsp3) is 0.474. The molecule has 0 spiro atoms. The first-order valence-corrected chi connectivity index (χ1v) is 8.90. The summed E-state index contributed by atoms with van der Waals surface area (Å²) in [5.41, 5.74) is 2.14. The van der Waals surface area contributed by atoms with Crippen molar-refractivity contribution < 1.29 is 9.90 Å². The van der Waals surface area contributed by atoms with Gasteiger partial charge in [0.05, 0.1) is 6.61 Å². The van der Waals surface area contributed by atoms with Crippen LogP contribution in [0.25, 0.3) is 0 Å². The van der Waals surface area contributed by atoms with Crippen LogP contribution in [0.2, 0.25) is 0 Å². The first-order valence-electron chi connectivity index (χ1n) is 8.90. The van der Waals surface area contributed by atoms with Crippen LogP contribution < -0.4 is 0 Å². The van der Waals surface area contributed by atoms with Gasteiger partial charge in [-0.3, -0.25) is 14.4 Å². The van der Waals surface area contributed by atoms with E-state index in [1.54, 1.807) is 10.9 Å². The molecule has 25 heavy (non-hydrogen) atoms.